The van der Waals surface area contributed by atoms with E-state index >= 15 is 0 Å². The van der Waals surface area contributed by atoms with Gasteiger partial charge in [-0.2, -0.15) is 0 Å². The number of hydrogen-bond donors (Lipinski definition) is 1. The lowest BCUT2D eigenvalue weighted by atomic mass is 10.0. The summed E-state index contributed by atoms with van der Waals surface area (Å²) in [6.45, 7) is 10.7. The predicted octanol–water partition coefficient (Wildman–Crippen LogP) is 1.09. The fourth-order valence-electron chi connectivity index (χ4n) is 3.46. The summed E-state index contributed by atoms with van der Waals surface area (Å²) in [5.41, 5.74) is 0. The molecule has 0 saturated carbocycles. The van der Waals surface area contributed by atoms with Gasteiger partial charge in [0, 0.05) is 19.1 Å². The Balaban J connectivity index is 1.67. The van der Waals surface area contributed by atoms with E-state index in [0.717, 1.165) is 65.0 Å². The number of carbonyl (C=O) groups excluding carboxylic acids is 1. The van der Waals surface area contributed by atoms with Gasteiger partial charge in [0.2, 0.25) is 5.91 Å². The van der Waals surface area contributed by atoms with E-state index in [-0.39, 0.29) is 18.6 Å². The molecule has 2 rings (SSSR count). The van der Waals surface area contributed by atoms with Crippen LogP contribution in [0.1, 0.15) is 39.5 Å². The molecule has 2 heterocycles. The third-order valence-electron chi connectivity index (χ3n) is 4.87. The summed E-state index contributed by atoms with van der Waals surface area (Å²) >= 11 is 0. The Morgan fingerprint density at radius 3 is 2.33 bits per heavy atom. The highest BCUT2D eigenvalue weighted by atomic mass is 16.5. The van der Waals surface area contributed by atoms with Crippen molar-refractivity contribution in [1.29, 1.82) is 0 Å². The van der Waals surface area contributed by atoms with Crippen molar-refractivity contribution < 1.29 is 9.53 Å². The van der Waals surface area contributed by atoms with Crippen LogP contribution in [0.15, 0.2) is 0 Å². The van der Waals surface area contributed by atoms with Crippen LogP contribution in [0.5, 0.6) is 0 Å². The number of rotatable bonds is 6. The second kappa shape index (κ2) is 8.71. The molecule has 2 aliphatic heterocycles. The van der Waals surface area contributed by atoms with Gasteiger partial charge in [0.1, 0.15) is 6.61 Å². The molecule has 0 aromatic heterocycles. The molecule has 2 aliphatic rings. The van der Waals surface area contributed by atoms with Crippen LogP contribution in [-0.2, 0) is 9.53 Å². The number of piperidine rings is 2. The molecule has 2 saturated heterocycles. The van der Waals surface area contributed by atoms with E-state index in [9.17, 15) is 4.79 Å². The Kier molecular flexibility index (Phi) is 6.93. The summed E-state index contributed by atoms with van der Waals surface area (Å²) in [6.07, 6.45) is 4.51. The lowest BCUT2D eigenvalue weighted by Gasteiger charge is -2.37. The van der Waals surface area contributed by atoms with Crippen LogP contribution < -0.4 is 5.32 Å². The van der Waals surface area contributed by atoms with Crippen molar-refractivity contribution in [3.63, 3.8) is 0 Å². The maximum Gasteiger partial charge on any atom is 0.248 e. The third-order valence-corrected chi connectivity index (χ3v) is 4.87. The highest BCUT2D eigenvalue weighted by molar-refractivity contribution is 5.77. The van der Waals surface area contributed by atoms with E-state index in [1.165, 1.54) is 0 Å². The van der Waals surface area contributed by atoms with E-state index in [2.05, 4.69) is 24.1 Å². The van der Waals surface area contributed by atoms with Crippen molar-refractivity contribution in [2.45, 2.75) is 51.7 Å². The molecule has 5 heteroatoms. The number of amides is 1. The second-order valence-electron chi connectivity index (χ2n) is 6.09. The van der Waals surface area contributed by atoms with Crippen LogP contribution in [-0.4, -0.2) is 73.7 Å². The number of nitrogens with zero attached hydrogens (tertiary/aromatic N) is 2. The molecule has 1 N–H and O–H groups in total. The molecule has 0 unspecified atom stereocenters. The summed E-state index contributed by atoms with van der Waals surface area (Å²) in [5, 5.41) is 3.31. The minimum Gasteiger partial charge on any atom is -0.368 e. The predicted molar refractivity (Wildman–Crippen MR) is 84.4 cm³/mol. The fourth-order valence-corrected chi connectivity index (χ4v) is 3.46. The quantitative estimate of drug-likeness (QED) is 0.797. The first-order valence-corrected chi connectivity index (χ1v) is 8.58. The summed E-state index contributed by atoms with van der Waals surface area (Å²) in [5.74, 6) is 0.173. The first kappa shape index (κ1) is 16.7. The maximum absolute atomic E-state index is 12.2. The van der Waals surface area contributed by atoms with Crippen LogP contribution in [0.4, 0.5) is 0 Å². The van der Waals surface area contributed by atoms with Gasteiger partial charge in [-0.25, -0.2) is 0 Å². The minimum absolute atomic E-state index is 0.173. The Bertz CT molecular complexity index is 307. The van der Waals surface area contributed by atoms with Crippen LogP contribution in [0.3, 0.4) is 0 Å². The van der Waals surface area contributed by atoms with Crippen molar-refractivity contribution in [2.75, 3.05) is 45.9 Å². The van der Waals surface area contributed by atoms with Crippen LogP contribution in [0, 0.1) is 0 Å². The zero-order chi connectivity index (χ0) is 15.1. The van der Waals surface area contributed by atoms with Gasteiger partial charge in [0.15, 0.2) is 0 Å². The van der Waals surface area contributed by atoms with Crippen molar-refractivity contribution >= 4 is 5.91 Å². The first-order chi connectivity index (χ1) is 10.2. The fraction of sp³-hybridized carbons (Fsp3) is 0.938. The summed E-state index contributed by atoms with van der Waals surface area (Å²) in [7, 11) is 0. The van der Waals surface area contributed by atoms with Gasteiger partial charge >= 0.3 is 0 Å². The number of likely N-dealkylation sites (tertiary alicyclic amines) is 1. The van der Waals surface area contributed by atoms with Gasteiger partial charge in [-0.15, -0.1) is 0 Å². The summed E-state index contributed by atoms with van der Waals surface area (Å²) in [6, 6.07) is 0.648. The average molecular weight is 297 g/mol. The molecule has 0 atom stereocenters. The Hall–Kier alpha value is -0.650. The zero-order valence-corrected chi connectivity index (χ0v) is 13.6. The van der Waals surface area contributed by atoms with Gasteiger partial charge in [-0.1, -0.05) is 13.8 Å². The van der Waals surface area contributed by atoms with Gasteiger partial charge in [0.05, 0.1) is 6.10 Å². The van der Waals surface area contributed by atoms with Crippen LogP contribution >= 0.6 is 0 Å². The summed E-state index contributed by atoms with van der Waals surface area (Å²) in [4.78, 5) is 16.7. The SMILES string of the molecule is CCN(CC)C1CCN(C(=O)COC2CCNCC2)CC1. The van der Waals surface area contributed by atoms with E-state index in [1.54, 1.807) is 0 Å². The molecule has 2 fully saturated rings. The van der Waals surface area contributed by atoms with E-state index in [1.807, 2.05) is 4.90 Å². The van der Waals surface area contributed by atoms with Crippen LogP contribution in [0.25, 0.3) is 0 Å². The largest absolute Gasteiger partial charge is 0.368 e. The molecule has 21 heavy (non-hydrogen) atoms. The second-order valence-corrected chi connectivity index (χ2v) is 6.09. The van der Waals surface area contributed by atoms with Crippen molar-refractivity contribution in [2.24, 2.45) is 0 Å². The van der Waals surface area contributed by atoms with Crippen molar-refractivity contribution in [3.05, 3.63) is 0 Å². The molecule has 0 spiro atoms. The molecular formula is C16H31N3O2. The molecule has 0 aromatic carbocycles. The highest BCUT2D eigenvalue weighted by Gasteiger charge is 2.26. The standard InChI is InChI=1S/C16H31N3O2/c1-3-18(4-2)14-7-11-19(12-8-14)16(20)13-21-15-5-9-17-10-6-15/h14-15,17H,3-13H2,1-2H3. The van der Waals surface area contributed by atoms with Crippen LogP contribution in [0.2, 0.25) is 0 Å². The Morgan fingerprint density at radius 1 is 1.14 bits per heavy atom. The van der Waals surface area contributed by atoms with E-state index in [0.29, 0.717) is 6.04 Å². The van der Waals surface area contributed by atoms with E-state index < -0.39 is 0 Å². The molecule has 0 aliphatic carbocycles. The summed E-state index contributed by atoms with van der Waals surface area (Å²) < 4.78 is 5.77. The van der Waals surface area contributed by atoms with Crippen molar-refractivity contribution in [3.8, 4) is 0 Å². The maximum atomic E-state index is 12.2. The van der Waals surface area contributed by atoms with Gasteiger partial charge in [-0.05, 0) is 51.9 Å². The van der Waals surface area contributed by atoms with Gasteiger partial charge in [-0.3, -0.25) is 4.79 Å². The molecule has 0 radical (unpaired) electrons. The normalized spacial score (nSPS) is 22.0. The molecular weight excluding hydrogens is 266 g/mol. The Morgan fingerprint density at radius 2 is 1.76 bits per heavy atom. The highest BCUT2D eigenvalue weighted by Crippen LogP contribution is 2.17. The molecule has 1 amide bonds. The average Bonchev–Trinajstić information content (AvgIpc) is 2.55. The van der Waals surface area contributed by atoms with Crippen molar-refractivity contribution in [1.82, 2.24) is 15.1 Å². The number of carbonyl (C=O) groups is 1. The molecule has 0 bridgehead atoms. The number of nitrogens with one attached hydrogen (secondary N) is 1. The Labute approximate surface area is 129 Å². The lowest BCUT2D eigenvalue weighted by molar-refractivity contribution is -0.140. The topological polar surface area (TPSA) is 44.8 Å². The number of ether oxygens (including phenoxy) is 1. The lowest BCUT2D eigenvalue weighted by Crippen LogP contribution is -2.47. The molecule has 0 aromatic rings. The van der Waals surface area contributed by atoms with Gasteiger partial charge < -0.3 is 19.9 Å². The third kappa shape index (κ3) is 4.94. The smallest absolute Gasteiger partial charge is 0.248 e. The molecule has 122 valence electrons. The van der Waals surface area contributed by atoms with Gasteiger partial charge in [0.25, 0.3) is 0 Å². The zero-order valence-electron chi connectivity index (χ0n) is 13.6. The number of hydrogen-bond acceptors (Lipinski definition) is 4. The monoisotopic (exact) mass is 297 g/mol. The van der Waals surface area contributed by atoms with E-state index in [4.69, 9.17) is 4.74 Å². The minimum atomic E-state index is 0.173. The molecule has 5 nitrogen and oxygen atoms in total. The first-order valence-electron chi connectivity index (χ1n) is 8.58.